The van der Waals surface area contributed by atoms with Gasteiger partial charge in [0, 0.05) is 0 Å². The minimum atomic E-state index is -0.660. The van der Waals surface area contributed by atoms with Crippen LogP contribution in [-0.2, 0) is 9.47 Å². The molecule has 0 bridgehead atoms. The maximum Gasteiger partial charge on any atom is 0.131 e. The molecular weight excluding hydrogens is 192 g/mol. The highest BCUT2D eigenvalue weighted by Gasteiger charge is 2.29. The molecule has 3 nitrogen and oxygen atoms in total. The number of hydrogen-bond acceptors (Lipinski definition) is 3. The van der Waals surface area contributed by atoms with Crippen molar-refractivity contribution in [3.8, 4) is 0 Å². The lowest BCUT2D eigenvalue weighted by Crippen LogP contribution is -2.41. The molecule has 1 atom stereocenters. The molecule has 0 aromatic heterocycles. The van der Waals surface area contributed by atoms with Crippen molar-refractivity contribution in [1.82, 2.24) is 0 Å². The molecule has 15 heavy (non-hydrogen) atoms. The summed E-state index contributed by atoms with van der Waals surface area (Å²) in [4.78, 5) is 0. The summed E-state index contributed by atoms with van der Waals surface area (Å²) < 4.78 is 10.8. The van der Waals surface area contributed by atoms with Crippen LogP contribution in [0.2, 0.25) is 0 Å². The van der Waals surface area contributed by atoms with Crippen molar-refractivity contribution in [2.75, 3.05) is 13.2 Å². The number of rotatable bonds is 7. The summed E-state index contributed by atoms with van der Waals surface area (Å²) >= 11 is 0. The molecule has 3 heteroatoms. The van der Waals surface area contributed by atoms with E-state index in [1.807, 2.05) is 33.8 Å². The molecule has 0 aliphatic rings. The lowest BCUT2D eigenvalue weighted by molar-refractivity contribution is -0.0975. The van der Waals surface area contributed by atoms with Crippen LogP contribution < -0.4 is 0 Å². The molecule has 1 unspecified atom stereocenters. The Bertz CT molecular complexity index is 219. The Kier molecular flexibility index (Phi) is 6.29. The van der Waals surface area contributed by atoms with Gasteiger partial charge in [0.1, 0.15) is 11.7 Å². The van der Waals surface area contributed by atoms with Crippen LogP contribution in [0.3, 0.4) is 0 Å². The highest BCUT2D eigenvalue weighted by atomic mass is 16.5. The fourth-order valence-electron chi connectivity index (χ4n) is 1.01. The quantitative estimate of drug-likeness (QED) is 0.401. The lowest BCUT2D eigenvalue weighted by atomic mass is 10.0. The van der Waals surface area contributed by atoms with Crippen LogP contribution in [0, 0.1) is 0 Å². The number of aliphatic hydroxyl groups is 1. The minimum absolute atomic E-state index is 0.246. The van der Waals surface area contributed by atoms with Crippen LogP contribution in [0.4, 0.5) is 0 Å². The minimum Gasteiger partial charge on any atom is -0.490 e. The number of hydrogen-bond donors (Lipinski definition) is 1. The van der Waals surface area contributed by atoms with E-state index in [9.17, 15) is 5.11 Å². The molecule has 0 heterocycles. The fourth-order valence-corrected chi connectivity index (χ4v) is 1.01. The van der Waals surface area contributed by atoms with Crippen LogP contribution >= 0.6 is 0 Å². The van der Waals surface area contributed by atoms with Crippen molar-refractivity contribution in [1.29, 1.82) is 0 Å². The highest BCUT2D eigenvalue weighted by Crippen LogP contribution is 2.19. The molecule has 0 amide bonds. The highest BCUT2D eigenvalue weighted by molar-refractivity contribution is 4.91. The predicted octanol–water partition coefficient (Wildman–Crippen LogP) is 2.27. The van der Waals surface area contributed by atoms with Crippen LogP contribution in [0.5, 0.6) is 0 Å². The van der Waals surface area contributed by atoms with Gasteiger partial charge in [-0.2, -0.15) is 0 Å². The van der Waals surface area contributed by atoms with Crippen LogP contribution in [0.25, 0.3) is 0 Å². The van der Waals surface area contributed by atoms with Gasteiger partial charge in [-0.05, 0) is 33.8 Å². The Balaban J connectivity index is 4.12. The van der Waals surface area contributed by atoms with E-state index in [0.717, 1.165) is 5.76 Å². The predicted molar refractivity (Wildman–Crippen MR) is 61.6 cm³/mol. The molecule has 0 radical (unpaired) electrons. The summed E-state index contributed by atoms with van der Waals surface area (Å²) in [5, 5.41) is 9.84. The molecule has 0 fully saturated rings. The topological polar surface area (TPSA) is 38.7 Å². The third-order valence-electron chi connectivity index (χ3n) is 2.14. The Morgan fingerprint density at radius 2 is 2.13 bits per heavy atom. The van der Waals surface area contributed by atoms with Gasteiger partial charge in [-0.3, -0.25) is 0 Å². The van der Waals surface area contributed by atoms with Gasteiger partial charge in [0.05, 0.1) is 19.0 Å². The van der Waals surface area contributed by atoms with E-state index in [4.69, 9.17) is 9.47 Å². The molecule has 0 rings (SSSR count). The smallest absolute Gasteiger partial charge is 0.131 e. The first-order valence-corrected chi connectivity index (χ1v) is 5.12. The van der Waals surface area contributed by atoms with Gasteiger partial charge < -0.3 is 14.6 Å². The van der Waals surface area contributed by atoms with Crippen molar-refractivity contribution in [3.05, 3.63) is 24.5 Å². The zero-order valence-corrected chi connectivity index (χ0v) is 10.1. The van der Waals surface area contributed by atoms with Gasteiger partial charge in [-0.15, -0.1) is 6.58 Å². The second-order valence-corrected chi connectivity index (χ2v) is 3.95. The third kappa shape index (κ3) is 5.60. The molecule has 1 N–H and O–H groups in total. The normalized spacial score (nSPS) is 14.9. The maximum atomic E-state index is 9.84. The Morgan fingerprint density at radius 1 is 1.53 bits per heavy atom. The van der Waals surface area contributed by atoms with Crippen LogP contribution in [-0.4, -0.2) is 30.0 Å². The first kappa shape index (κ1) is 14.2. The number of allylic oxidation sites excluding steroid dienone is 2. The van der Waals surface area contributed by atoms with E-state index in [2.05, 4.69) is 6.58 Å². The summed E-state index contributed by atoms with van der Waals surface area (Å²) in [6, 6.07) is 0. The van der Waals surface area contributed by atoms with E-state index in [-0.39, 0.29) is 6.61 Å². The molecular formula is C12H22O3. The molecule has 0 aliphatic heterocycles. The second-order valence-electron chi connectivity index (χ2n) is 3.95. The van der Waals surface area contributed by atoms with Crippen molar-refractivity contribution in [2.24, 2.45) is 0 Å². The lowest BCUT2D eigenvalue weighted by Gasteiger charge is -2.31. The van der Waals surface area contributed by atoms with E-state index < -0.39 is 11.7 Å². The van der Waals surface area contributed by atoms with E-state index in [0.29, 0.717) is 6.61 Å². The third-order valence-corrected chi connectivity index (χ3v) is 2.14. The van der Waals surface area contributed by atoms with Crippen molar-refractivity contribution >= 4 is 0 Å². The summed E-state index contributed by atoms with van der Waals surface area (Å²) in [6.45, 7) is 11.6. The van der Waals surface area contributed by atoms with Gasteiger partial charge >= 0.3 is 0 Å². The Hall–Kier alpha value is -0.800. The summed E-state index contributed by atoms with van der Waals surface area (Å²) in [5.41, 5.74) is -0.641. The second kappa shape index (κ2) is 6.64. The molecule has 0 spiro atoms. The summed E-state index contributed by atoms with van der Waals surface area (Å²) in [5.74, 6) is 0.794. The standard InChI is InChI=1S/C12H22O3/c1-6-8-14-9-11(13)12(4,5)15-10(3)7-2/h6-7,11,13H,1,8-9H2,2-5H3/b10-7+. The van der Waals surface area contributed by atoms with Gasteiger partial charge in [-0.1, -0.05) is 6.08 Å². The van der Waals surface area contributed by atoms with Crippen LogP contribution in [0.15, 0.2) is 24.5 Å². The van der Waals surface area contributed by atoms with E-state index in [1.165, 1.54) is 0 Å². The Morgan fingerprint density at radius 3 is 2.60 bits per heavy atom. The largest absolute Gasteiger partial charge is 0.490 e. The zero-order chi connectivity index (χ0) is 11.9. The number of ether oxygens (including phenoxy) is 2. The zero-order valence-electron chi connectivity index (χ0n) is 10.1. The summed E-state index contributed by atoms with van der Waals surface area (Å²) in [7, 11) is 0. The van der Waals surface area contributed by atoms with Gasteiger partial charge in [0.2, 0.25) is 0 Å². The Labute approximate surface area is 92.4 Å². The van der Waals surface area contributed by atoms with Gasteiger partial charge in [0.25, 0.3) is 0 Å². The average molecular weight is 214 g/mol. The van der Waals surface area contributed by atoms with Gasteiger partial charge in [-0.25, -0.2) is 0 Å². The molecule has 0 aromatic carbocycles. The SMILES string of the molecule is C=CCOCC(O)C(C)(C)O/C(C)=C/C. The summed E-state index contributed by atoms with van der Waals surface area (Å²) in [6.07, 6.45) is 2.85. The van der Waals surface area contributed by atoms with Crippen molar-refractivity contribution < 1.29 is 14.6 Å². The number of aliphatic hydroxyl groups excluding tert-OH is 1. The van der Waals surface area contributed by atoms with Crippen molar-refractivity contribution in [2.45, 2.75) is 39.4 Å². The monoisotopic (exact) mass is 214 g/mol. The van der Waals surface area contributed by atoms with Crippen molar-refractivity contribution in [3.63, 3.8) is 0 Å². The van der Waals surface area contributed by atoms with E-state index >= 15 is 0 Å². The molecule has 88 valence electrons. The van der Waals surface area contributed by atoms with E-state index in [1.54, 1.807) is 6.08 Å². The molecule has 0 aliphatic carbocycles. The average Bonchev–Trinajstić information content (AvgIpc) is 2.17. The van der Waals surface area contributed by atoms with Gasteiger partial charge in [0.15, 0.2) is 0 Å². The fraction of sp³-hybridized carbons (Fsp3) is 0.667. The maximum absolute atomic E-state index is 9.84. The molecule has 0 aromatic rings. The molecule has 0 saturated carbocycles. The first-order valence-electron chi connectivity index (χ1n) is 5.12. The van der Waals surface area contributed by atoms with Crippen LogP contribution in [0.1, 0.15) is 27.7 Å². The first-order chi connectivity index (χ1) is 6.94. The molecule has 0 saturated heterocycles.